The van der Waals surface area contributed by atoms with E-state index < -0.39 is 10.8 Å². The van der Waals surface area contributed by atoms with E-state index >= 15 is 0 Å². The topological polar surface area (TPSA) is 113 Å². The summed E-state index contributed by atoms with van der Waals surface area (Å²) in [6, 6.07) is 2.52. The lowest BCUT2D eigenvalue weighted by molar-refractivity contribution is -0.385. The predicted octanol–water partition coefficient (Wildman–Crippen LogP) is 4.00. The van der Waals surface area contributed by atoms with Crippen LogP contribution in [-0.2, 0) is 17.6 Å². The molecule has 30 heavy (non-hydrogen) atoms. The van der Waals surface area contributed by atoms with Gasteiger partial charge >= 0.3 is 0 Å². The van der Waals surface area contributed by atoms with Gasteiger partial charge in [0.15, 0.2) is 16.6 Å². The lowest BCUT2D eigenvalue weighted by Crippen LogP contribution is -2.15. The molecule has 0 spiro atoms. The van der Waals surface area contributed by atoms with E-state index in [0.717, 1.165) is 31.4 Å². The Bertz CT molecular complexity index is 889. The van der Waals surface area contributed by atoms with Crippen molar-refractivity contribution in [3.63, 3.8) is 0 Å². The summed E-state index contributed by atoms with van der Waals surface area (Å²) in [4.78, 5) is 29.6. The Morgan fingerprint density at radius 1 is 1.17 bits per heavy atom. The predicted molar refractivity (Wildman–Crippen MR) is 113 cm³/mol. The van der Waals surface area contributed by atoms with E-state index in [1.165, 1.54) is 55.4 Å². The quantitative estimate of drug-likeness (QED) is 0.379. The molecule has 1 amide bonds. The summed E-state index contributed by atoms with van der Waals surface area (Å²) in [5, 5.41) is 14.8. The van der Waals surface area contributed by atoms with Gasteiger partial charge in [-0.25, -0.2) is 4.98 Å². The highest BCUT2D eigenvalue weighted by Crippen LogP contribution is 2.36. The maximum atomic E-state index is 12.9. The maximum absolute atomic E-state index is 12.9. The van der Waals surface area contributed by atoms with Crippen LogP contribution in [0.4, 0.5) is 10.8 Å². The first-order valence-corrected chi connectivity index (χ1v) is 10.6. The van der Waals surface area contributed by atoms with Crippen LogP contribution in [0.2, 0.25) is 0 Å². The minimum Gasteiger partial charge on any atom is -0.493 e. The van der Waals surface area contributed by atoms with Gasteiger partial charge in [0, 0.05) is 18.1 Å². The molecule has 0 aliphatic heterocycles. The summed E-state index contributed by atoms with van der Waals surface area (Å²) in [5.41, 5.74) is 0.540. The molecule has 0 radical (unpaired) electrons. The van der Waals surface area contributed by atoms with Gasteiger partial charge in [-0.1, -0.05) is 12.8 Å². The molecule has 1 aromatic heterocycles. The zero-order chi connectivity index (χ0) is 21.5. The van der Waals surface area contributed by atoms with E-state index in [1.54, 1.807) is 0 Å². The van der Waals surface area contributed by atoms with Crippen molar-refractivity contribution in [2.75, 3.05) is 32.8 Å². The highest BCUT2D eigenvalue weighted by atomic mass is 32.1. The number of methoxy groups -OCH3 is 2. The van der Waals surface area contributed by atoms with Gasteiger partial charge < -0.3 is 14.2 Å². The van der Waals surface area contributed by atoms with E-state index in [2.05, 4.69) is 10.3 Å². The van der Waals surface area contributed by atoms with Gasteiger partial charge in [0.05, 0.1) is 30.4 Å². The molecule has 0 bridgehead atoms. The number of carbonyl (C=O) groups is 1. The fourth-order valence-electron chi connectivity index (χ4n) is 3.31. The van der Waals surface area contributed by atoms with Crippen molar-refractivity contribution < 1.29 is 23.9 Å². The van der Waals surface area contributed by atoms with Crippen molar-refractivity contribution in [3.05, 3.63) is 38.4 Å². The number of nitrogens with one attached hydrogen (secondary N) is 1. The minimum atomic E-state index is -0.612. The standard InChI is InChI=1S/C20H25N3O6S/c1-27-9-10-29-17-12-15(23(25)26)13(11-16(17)28-2)19(24)22-20-21-14-7-5-3-4-6-8-18(14)30-20/h11-12H,3-10H2,1-2H3,(H,21,22,24). The van der Waals surface area contributed by atoms with E-state index in [0.29, 0.717) is 11.7 Å². The maximum Gasteiger partial charge on any atom is 0.286 e. The molecule has 0 unspecified atom stereocenters. The number of hydrogen-bond donors (Lipinski definition) is 1. The summed E-state index contributed by atoms with van der Waals surface area (Å²) in [6.07, 6.45) is 6.41. The summed E-state index contributed by atoms with van der Waals surface area (Å²) in [5.74, 6) is -0.201. The average molecular weight is 436 g/mol. The first kappa shape index (κ1) is 22.0. The number of amides is 1. The second-order valence-electron chi connectivity index (χ2n) is 6.88. The van der Waals surface area contributed by atoms with Gasteiger partial charge in [0.2, 0.25) is 0 Å². The molecule has 0 fully saturated rings. The number of rotatable bonds is 8. The Kier molecular flexibility index (Phi) is 7.58. The Balaban J connectivity index is 1.85. The van der Waals surface area contributed by atoms with Crippen molar-refractivity contribution in [1.29, 1.82) is 0 Å². The molecule has 1 N–H and O–H groups in total. The van der Waals surface area contributed by atoms with Crippen molar-refractivity contribution in [2.24, 2.45) is 0 Å². The number of nitro groups is 1. The fraction of sp³-hybridized carbons (Fsp3) is 0.500. The molecule has 1 aliphatic rings. The number of thiazole rings is 1. The molecule has 0 saturated heterocycles. The Morgan fingerprint density at radius 2 is 1.93 bits per heavy atom. The largest absolute Gasteiger partial charge is 0.493 e. The number of nitro benzene ring substituents is 1. The molecule has 2 aromatic rings. The molecule has 1 heterocycles. The SMILES string of the molecule is COCCOc1cc([N+](=O)[O-])c(C(=O)Nc2nc3c(s2)CCCCCC3)cc1OC. The smallest absolute Gasteiger partial charge is 0.286 e. The summed E-state index contributed by atoms with van der Waals surface area (Å²) in [7, 11) is 2.93. The van der Waals surface area contributed by atoms with Crippen molar-refractivity contribution in [1.82, 2.24) is 4.98 Å². The zero-order valence-corrected chi connectivity index (χ0v) is 17.9. The van der Waals surface area contributed by atoms with Gasteiger partial charge in [-0.15, -0.1) is 11.3 Å². The number of aryl methyl sites for hydroxylation is 2. The van der Waals surface area contributed by atoms with Crippen LogP contribution in [0.1, 0.15) is 46.6 Å². The van der Waals surface area contributed by atoms with Gasteiger partial charge in [0.1, 0.15) is 12.2 Å². The van der Waals surface area contributed by atoms with Crippen molar-refractivity contribution in [3.8, 4) is 11.5 Å². The van der Waals surface area contributed by atoms with Gasteiger partial charge in [-0.2, -0.15) is 0 Å². The number of benzene rings is 1. The molecule has 3 rings (SSSR count). The Hall–Kier alpha value is -2.72. The summed E-state index contributed by atoms with van der Waals surface area (Å²) in [6.45, 7) is 0.508. The van der Waals surface area contributed by atoms with E-state index in [9.17, 15) is 14.9 Å². The van der Waals surface area contributed by atoms with E-state index in [1.807, 2.05) is 0 Å². The third-order valence-corrected chi connectivity index (χ3v) is 5.91. The van der Waals surface area contributed by atoms with Crippen molar-refractivity contribution in [2.45, 2.75) is 38.5 Å². The molecule has 0 atom stereocenters. The number of carbonyl (C=O) groups excluding carboxylic acids is 1. The number of aromatic nitrogens is 1. The summed E-state index contributed by atoms with van der Waals surface area (Å²) >= 11 is 1.44. The van der Waals surface area contributed by atoms with E-state index in [-0.39, 0.29) is 29.4 Å². The Labute approximate surface area is 178 Å². The fourth-order valence-corrected chi connectivity index (χ4v) is 4.36. The lowest BCUT2D eigenvalue weighted by Gasteiger charge is -2.12. The van der Waals surface area contributed by atoms with Crippen LogP contribution in [0.25, 0.3) is 0 Å². The first-order chi connectivity index (χ1) is 14.5. The van der Waals surface area contributed by atoms with Crippen molar-refractivity contribution >= 4 is 28.1 Å². The van der Waals surface area contributed by atoms with Gasteiger partial charge in [-0.05, 0) is 25.7 Å². The highest BCUT2D eigenvalue weighted by molar-refractivity contribution is 7.15. The summed E-state index contributed by atoms with van der Waals surface area (Å²) < 4.78 is 15.7. The van der Waals surface area contributed by atoms with Crippen LogP contribution < -0.4 is 14.8 Å². The molecular formula is C20H25N3O6S. The third-order valence-electron chi connectivity index (χ3n) is 4.83. The van der Waals surface area contributed by atoms with Crippen LogP contribution in [0.3, 0.4) is 0 Å². The van der Waals surface area contributed by atoms with Crippen LogP contribution in [0.15, 0.2) is 12.1 Å². The van der Waals surface area contributed by atoms with E-state index in [4.69, 9.17) is 14.2 Å². The normalized spacial score (nSPS) is 13.7. The molecule has 10 heteroatoms. The molecule has 9 nitrogen and oxygen atoms in total. The lowest BCUT2D eigenvalue weighted by atomic mass is 10.0. The number of ether oxygens (including phenoxy) is 3. The first-order valence-electron chi connectivity index (χ1n) is 9.81. The highest BCUT2D eigenvalue weighted by Gasteiger charge is 2.26. The molecule has 1 aliphatic carbocycles. The number of nitrogens with zero attached hydrogens (tertiary/aromatic N) is 2. The molecule has 162 valence electrons. The van der Waals surface area contributed by atoms with Crippen LogP contribution >= 0.6 is 11.3 Å². The van der Waals surface area contributed by atoms with Gasteiger partial charge in [-0.3, -0.25) is 20.2 Å². The monoisotopic (exact) mass is 435 g/mol. The van der Waals surface area contributed by atoms with Crippen LogP contribution in [0.5, 0.6) is 11.5 Å². The third kappa shape index (κ3) is 5.25. The van der Waals surface area contributed by atoms with Crippen LogP contribution in [0, 0.1) is 10.1 Å². The molecular weight excluding hydrogens is 410 g/mol. The Morgan fingerprint density at radius 3 is 2.63 bits per heavy atom. The van der Waals surface area contributed by atoms with Gasteiger partial charge in [0.25, 0.3) is 11.6 Å². The number of fused-ring (bicyclic) bond motifs is 1. The average Bonchev–Trinajstić information content (AvgIpc) is 3.07. The molecule has 1 aromatic carbocycles. The molecule has 0 saturated carbocycles. The zero-order valence-electron chi connectivity index (χ0n) is 17.1. The second-order valence-corrected chi connectivity index (χ2v) is 7.96. The second kappa shape index (κ2) is 10.4. The van der Waals surface area contributed by atoms with Crippen LogP contribution in [-0.4, -0.2) is 43.2 Å². The number of hydrogen-bond acceptors (Lipinski definition) is 8. The number of anilines is 1. The minimum absolute atomic E-state index is 0.112.